The highest BCUT2D eigenvalue weighted by Crippen LogP contribution is 2.44. The molecule has 9 nitrogen and oxygen atoms in total. The normalized spacial score (nSPS) is 23.5. The van der Waals surface area contributed by atoms with Crippen LogP contribution in [0.2, 0.25) is 0 Å². The number of non-ortho nitro benzene ring substituents is 1. The van der Waals surface area contributed by atoms with Crippen LogP contribution in [0.3, 0.4) is 0 Å². The second kappa shape index (κ2) is 7.87. The fraction of sp³-hybridized carbons (Fsp3) is 0.263. The van der Waals surface area contributed by atoms with E-state index in [0.29, 0.717) is 5.75 Å². The zero-order valence-corrected chi connectivity index (χ0v) is 15.8. The summed E-state index contributed by atoms with van der Waals surface area (Å²) in [6.45, 7) is 0. The highest BCUT2D eigenvalue weighted by molar-refractivity contribution is 6.00. The molecule has 2 amide bonds. The minimum atomic E-state index is -5.43. The van der Waals surface area contributed by atoms with Gasteiger partial charge in [0.25, 0.3) is 5.69 Å². The zero-order valence-electron chi connectivity index (χ0n) is 15.8. The van der Waals surface area contributed by atoms with E-state index in [1.165, 1.54) is 48.8 Å². The number of nitro benzene ring substituents is 1. The van der Waals surface area contributed by atoms with Gasteiger partial charge in [0.2, 0.25) is 5.72 Å². The number of methoxy groups -OCH3 is 1. The Bertz CT molecular complexity index is 1030. The summed E-state index contributed by atoms with van der Waals surface area (Å²) in [7, 11) is 1.36. The van der Waals surface area contributed by atoms with Crippen LogP contribution in [0.5, 0.6) is 5.75 Å². The van der Waals surface area contributed by atoms with E-state index in [1.807, 2.05) is 0 Å². The van der Waals surface area contributed by atoms with E-state index in [2.05, 4.69) is 5.32 Å². The number of nitrogens with one attached hydrogen (secondary N) is 2. The van der Waals surface area contributed by atoms with Crippen LogP contribution >= 0.6 is 0 Å². The number of urea groups is 1. The van der Waals surface area contributed by atoms with Crippen molar-refractivity contribution in [1.82, 2.24) is 10.6 Å². The number of nitro groups is 1. The van der Waals surface area contributed by atoms with E-state index < -0.39 is 46.3 Å². The first-order valence-corrected chi connectivity index (χ1v) is 8.78. The van der Waals surface area contributed by atoms with Crippen LogP contribution < -0.4 is 15.4 Å². The van der Waals surface area contributed by atoms with E-state index in [4.69, 9.17) is 4.74 Å². The lowest BCUT2D eigenvalue weighted by Crippen LogP contribution is -2.72. The van der Waals surface area contributed by atoms with Crippen molar-refractivity contribution in [2.45, 2.75) is 17.9 Å². The number of carbonyl (C=O) groups is 2. The second-order valence-corrected chi connectivity index (χ2v) is 6.76. The number of hydrogen-bond donors (Lipinski definition) is 3. The Labute approximate surface area is 173 Å². The molecule has 0 unspecified atom stereocenters. The Morgan fingerprint density at radius 3 is 2.42 bits per heavy atom. The number of halogens is 3. The average molecular weight is 439 g/mol. The van der Waals surface area contributed by atoms with Crippen molar-refractivity contribution in [3.05, 3.63) is 69.8 Å². The molecule has 12 heteroatoms. The molecule has 1 aliphatic rings. The van der Waals surface area contributed by atoms with Crippen LogP contribution in [0.25, 0.3) is 0 Å². The predicted octanol–water partition coefficient (Wildman–Crippen LogP) is 2.71. The maximum absolute atomic E-state index is 13.9. The molecule has 3 atom stereocenters. The molecule has 3 N–H and O–H groups in total. The number of aliphatic hydroxyl groups is 1. The molecule has 0 aliphatic carbocycles. The Kier molecular flexibility index (Phi) is 5.59. The van der Waals surface area contributed by atoms with E-state index in [-0.39, 0.29) is 11.1 Å². The zero-order chi connectivity index (χ0) is 23.0. The number of amides is 2. The lowest BCUT2D eigenvalue weighted by atomic mass is 9.77. The molecule has 0 spiro atoms. The summed E-state index contributed by atoms with van der Waals surface area (Å²) in [4.78, 5) is 35.4. The van der Waals surface area contributed by atoms with Crippen molar-refractivity contribution in [2.24, 2.45) is 5.92 Å². The molecule has 0 radical (unpaired) electrons. The first kappa shape index (κ1) is 22.0. The highest BCUT2D eigenvalue weighted by atomic mass is 19.4. The summed E-state index contributed by atoms with van der Waals surface area (Å²) >= 11 is 0. The Balaban J connectivity index is 2.16. The first-order chi connectivity index (χ1) is 14.5. The second-order valence-electron chi connectivity index (χ2n) is 6.76. The maximum atomic E-state index is 13.9. The van der Waals surface area contributed by atoms with Gasteiger partial charge in [-0.1, -0.05) is 12.1 Å². The van der Waals surface area contributed by atoms with E-state index in [0.717, 1.165) is 12.1 Å². The van der Waals surface area contributed by atoms with Crippen LogP contribution in [0.4, 0.5) is 23.7 Å². The molecule has 31 heavy (non-hydrogen) atoms. The smallest absolute Gasteiger partial charge is 0.437 e. The number of Topliss-reactive ketones (excluding diaryl/α,β-unsaturated/α-hetero) is 1. The van der Waals surface area contributed by atoms with Gasteiger partial charge >= 0.3 is 12.2 Å². The van der Waals surface area contributed by atoms with Gasteiger partial charge in [0, 0.05) is 17.7 Å². The van der Waals surface area contributed by atoms with Crippen molar-refractivity contribution in [3.8, 4) is 5.75 Å². The largest absolute Gasteiger partial charge is 0.497 e. The molecule has 1 aliphatic heterocycles. The van der Waals surface area contributed by atoms with Crippen LogP contribution in [0, 0.1) is 16.0 Å². The van der Waals surface area contributed by atoms with E-state index in [1.54, 1.807) is 0 Å². The number of ether oxygens (including phenoxy) is 1. The third kappa shape index (κ3) is 4.01. The maximum Gasteiger partial charge on any atom is 0.437 e. The number of rotatable bonds is 5. The number of benzene rings is 2. The van der Waals surface area contributed by atoms with Gasteiger partial charge < -0.3 is 20.5 Å². The fourth-order valence-electron chi connectivity index (χ4n) is 3.38. The summed E-state index contributed by atoms with van der Waals surface area (Å²) in [5.74, 6) is -3.10. The van der Waals surface area contributed by atoms with Crippen LogP contribution in [0.1, 0.15) is 22.0 Å². The Morgan fingerprint density at radius 1 is 1.23 bits per heavy atom. The molecule has 0 aromatic heterocycles. The minimum Gasteiger partial charge on any atom is -0.497 e. The summed E-state index contributed by atoms with van der Waals surface area (Å²) in [6.07, 6.45) is -5.43. The number of alkyl halides is 3. The van der Waals surface area contributed by atoms with Crippen molar-refractivity contribution in [3.63, 3.8) is 0 Å². The monoisotopic (exact) mass is 439 g/mol. The van der Waals surface area contributed by atoms with Gasteiger partial charge in [-0.3, -0.25) is 14.9 Å². The van der Waals surface area contributed by atoms with E-state index in [9.17, 15) is 38.0 Å². The fourth-order valence-corrected chi connectivity index (χ4v) is 3.38. The quantitative estimate of drug-likeness (QED) is 0.373. The van der Waals surface area contributed by atoms with Crippen LogP contribution in [-0.2, 0) is 0 Å². The summed E-state index contributed by atoms with van der Waals surface area (Å²) in [5, 5.41) is 25.2. The number of hydrogen-bond acceptors (Lipinski definition) is 6. The Hall–Kier alpha value is -3.67. The molecule has 2 aromatic carbocycles. The topological polar surface area (TPSA) is 131 Å². The summed E-state index contributed by atoms with van der Waals surface area (Å²) in [5.41, 5.74) is -4.74. The van der Waals surface area contributed by atoms with Crippen molar-refractivity contribution < 1.29 is 37.5 Å². The predicted molar refractivity (Wildman–Crippen MR) is 99.3 cm³/mol. The van der Waals surface area contributed by atoms with Crippen molar-refractivity contribution >= 4 is 17.5 Å². The van der Waals surface area contributed by atoms with E-state index >= 15 is 0 Å². The number of nitrogens with zero attached hydrogens (tertiary/aromatic N) is 1. The number of ketones is 1. The molecule has 3 rings (SSSR count). The number of carbonyl (C=O) groups excluding carboxylic acids is 2. The molecule has 1 heterocycles. The summed E-state index contributed by atoms with van der Waals surface area (Å²) < 4.78 is 46.6. The molecule has 164 valence electrons. The van der Waals surface area contributed by atoms with Gasteiger partial charge in [0.1, 0.15) is 11.7 Å². The third-order valence-corrected chi connectivity index (χ3v) is 4.90. The SMILES string of the molecule is COc1ccc(C(=O)[C@@H]2[C@H](c3cccc([N+](=O)[O-])c3)NC(=O)N[C@]2(O)C(F)(F)F)cc1. The van der Waals surface area contributed by atoms with Crippen molar-refractivity contribution in [1.29, 1.82) is 0 Å². The molecule has 2 aromatic rings. The standard InChI is InChI=1S/C19H16F3N3O6/c1-31-13-7-5-10(6-8-13)16(26)14-15(11-3-2-4-12(9-11)25(29)30)23-17(27)24-18(14,28)19(20,21)22/h2-9,14-15,28H,1H3,(H2,23,24,27)/t14-,15-,18+/m0/s1. The lowest BCUT2D eigenvalue weighted by molar-refractivity contribution is -0.385. The van der Waals surface area contributed by atoms with Gasteiger partial charge in [-0.15, -0.1) is 0 Å². The van der Waals surface area contributed by atoms with Gasteiger partial charge in [-0.05, 0) is 29.8 Å². The lowest BCUT2D eigenvalue weighted by Gasteiger charge is -2.45. The molecule has 0 bridgehead atoms. The van der Waals surface area contributed by atoms with Gasteiger partial charge in [-0.25, -0.2) is 4.79 Å². The molecular weight excluding hydrogens is 423 g/mol. The van der Waals surface area contributed by atoms with Crippen LogP contribution in [0.15, 0.2) is 48.5 Å². The van der Waals surface area contributed by atoms with Crippen molar-refractivity contribution in [2.75, 3.05) is 7.11 Å². The molecule has 1 saturated heterocycles. The molecule has 1 fully saturated rings. The van der Waals surface area contributed by atoms with Crippen LogP contribution in [-0.4, -0.2) is 40.9 Å². The molecular formula is C19H16F3N3O6. The summed E-state index contributed by atoms with van der Waals surface area (Å²) in [6, 6.07) is 6.44. The van der Waals surface area contributed by atoms with Gasteiger partial charge in [0.05, 0.1) is 18.1 Å². The first-order valence-electron chi connectivity index (χ1n) is 8.78. The van der Waals surface area contributed by atoms with Gasteiger partial charge in [0.15, 0.2) is 5.78 Å². The Morgan fingerprint density at radius 2 is 1.87 bits per heavy atom. The highest BCUT2D eigenvalue weighted by Gasteiger charge is 2.66. The third-order valence-electron chi connectivity index (χ3n) is 4.90. The molecule has 0 saturated carbocycles. The average Bonchev–Trinajstić information content (AvgIpc) is 2.72. The minimum absolute atomic E-state index is 0.154. The van der Waals surface area contributed by atoms with Gasteiger partial charge in [-0.2, -0.15) is 13.2 Å².